The highest BCUT2D eigenvalue weighted by molar-refractivity contribution is 6.04. The number of anilines is 1. The first kappa shape index (κ1) is 17.6. The highest BCUT2D eigenvalue weighted by Gasteiger charge is 2.14. The Kier molecular flexibility index (Phi) is 4.98. The van der Waals surface area contributed by atoms with E-state index in [1.165, 1.54) is 22.8 Å². The van der Waals surface area contributed by atoms with Gasteiger partial charge in [0.2, 0.25) is 0 Å². The molecular formula is C21H19FN2O2. The predicted molar refractivity (Wildman–Crippen MR) is 100 cm³/mol. The van der Waals surface area contributed by atoms with E-state index in [0.29, 0.717) is 5.69 Å². The minimum Gasteiger partial charge on any atom is -0.321 e. The van der Waals surface area contributed by atoms with E-state index >= 15 is 0 Å². The second-order valence-electron chi connectivity index (χ2n) is 6.20. The average molecular weight is 350 g/mol. The van der Waals surface area contributed by atoms with Gasteiger partial charge in [-0.1, -0.05) is 30.3 Å². The summed E-state index contributed by atoms with van der Waals surface area (Å²) in [4.78, 5) is 25.3. The topological polar surface area (TPSA) is 51.1 Å². The van der Waals surface area contributed by atoms with Crippen LogP contribution in [0.5, 0.6) is 0 Å². The molecule has 0 aliphatic rings. The highest BCUT2D eigenvalue weighted by Crippen LogP contribution is 2.19. The van der Waals surface area contributed by atoms with Crippen molar-refractivity contribution < 1.29 is 9.18 Å². The van der Waals surface area contributed by atoms with Crippen molar-refractivity contribution in [3.8, 4) is 0 Å². The van der Waals surface area contributed by atoms with Gasteiger partial charge in [0.15, 0.2) is 0 Å². The summed E-state index contributed by atoms with van der Waals surface area (Å²) in [5.74, 6) is -0.774. The van der Waals surface area contributed by atoms with Gasteiger partial charge in [-0.2, -0.15) is 0 Å². The van der Waals surface area contributed by atoms with E-state index in [0.717, 1.165) is 16.7 Å². The van der Waals surface area contributed by atoms with Crippen LogP contribution in [-0.2, 0) is 6.54 Å². The molecule has 0 saturated carbocycles. The Morgan fingerprint density at radius 3 is 2.31 bits per heavy atom. The molecular weight excluding hydrogens is 331 g/mol. The van der Waals surface area contributed by atoms with Gasteiger partial charge in [0.25, 0.3) is 11.5 Å². The van der Waals surface area contributed by atoms with Crippen molar-refractivity contribution in [3.63, 3.8) is 0 Å². The molecule has 1 heterocycles. The quantitative estimate of drug-likeness (QED) is 0.776. The molecule has 3 aromatic rings. The van der Waals surface area contributed by atoms with Gasteiger partial charge >= 0.3 is 0 Å². The van der Waals surface area contributed by atoms with Crippen LogP contribution >= 0.6 is 0 Å². The number of benzene rings is 2. The molecule has 4 nitrogen and oxygen atoms in total. The van der Waals surface area contributed by atoms with Crippen molar-refractivity contribution in [2.75, 3.05) is 5.32 Å². The number of halogens is 1. The molecule has 0 saturated heterocycles. The van der Waals surface area contributed by atoms with E-state index in [1.807, 2.05) is 32.0 Å². The molecule has 5 heteroatoms. The van der Waals surface area contributed by atoms with E-state index in [2.05, 4.69) is 5.32 Å². The molecule has 0 bridgehead atoms. The molecule has 0 radical (unpaired) electrons. The van der Waals surface area contributed by atoms with Crippen molar-refractivity contribution >= 4 is 11.6 Å². The Hall–Kier alpha value is -3.21. The molecule has 26 heavy (non-hydrogen) atoms. The molecule has 3 rings (SSSR count). The van der Waals surface area contributed by atoms with Gasteiger partial charge in [-0.05, 0) is 54.8 Å². The van der Waals surface area contributed by atoms with Crippen molar-refractivity contribution in [1.29, 1.82) is 0 Å². The zero-order valence-electron chi connectivity index (χ0n) is 14.6. The summed E-state index contributed by atoms with van der Waals surface area (Å²) in [6.07, 6.45) is 1.61. The first-order valence-electron chi connectivity index (χ1n) is 8.27. The minimum atomic E-state index is -0.444. The van der Waals surface area contributed by atoms with Crippen LogP contribution in [0.25, 0.3) is 0 Å². The lowest BCUT2D eigenvalue weighted by atomic mass is 10.1. The predicted octanol–water partition coefficient (Wildman–Crippen LogP) is 3.90. The first-order chi connectivity index (χ1) is 12.5. The number of amides is 1. The largest absolute Gasteiger partial charge is 0.321 e. The molecule has 0 aliphatic heterocycles. The van der Waals surface area contributed by atoms with E-state index in [9.17, 15) is 14.0 Å². The van der Waals surface area contributed by atoms with Crippen LogP contribution < -0.4 is 10.9 Å². The van der Waals surface area contributed by atoms with E-state index in [1.54, 1.807) is 24.4 Å². The summed E-state index contributed by atoms with van der Waals surface area (Å²) >= 11 is 0. The monoisotopic (exact) mass is 350 g/mol. The second kappa shape index (κ2) is 7.35. The standard InChI is InChI=1S/C21H19FN2O2/c1-14-5-3-6-15(2)19(14)23-20(25)18-7-4-12-24(21(18)26)13-16-8-10-17(22)11-9-16/h3-12H,13H2,1-2H3,(H,23,25). The molecule has 1 aromatic heterocycles. The van der Waals surface area contributed by atoms with Crippen molar-refractivity contribution in [3.05, 3.63) is 99.2 Å². The lowest BCUT2D eigenvalue weighted by Gasteiger charge is -2.12. The average Bonchev–Trinajstić information content (AvgIpc) is 2.62. The number of hydrogen-bond donors (Lipinski definition) is 1. The lowest BCUT2D eigenvalue weighted by Crippen LogP contribution is -2.29. The fourth-order valence-electron chi connectivity index (χ4n) is 2.81. The molecule has 0 aliphatic carbocycles. The van der Waals surface area contributed by atoms with Crippen molar-refractivity contribution in [1.82, 2.24) is 4.57 Å². The maximum atomic E-state index is 13.0. The van der Waals surface area contributed by atoms with Crippen LogP contribution in [0.15, 0.2) is 65.6 Å². The molecule has 0 atom stereocenters. The maximum absolute atomic E-state index is 13.0. The third-order valence-corrected chi connectivity index (χ3v) is 4.25. The van der Waals surface area contributed by atoms with Gasteiger partial charge < -0.3 is 9.88 Å². The summed E-state index contributed by atoms with van der Waals surface area (Å²) in [5, 5.41) is 2.83. The van der Waals surface area contributed by atoms with Crippen LogP contribution in [0, 0.1) is 19.7 Å². The lowest BCUT2D eigenvalue weighted by molar-refractivity contribution is 0.102. The van der Waals surface area contributed by atoms with Crippen LogP contribution in [0.3, 0.4) is 0 Å². The fourth-order valence-corrected chi connectivity index (χ4v) is 2.81. The van der Waals surface area contributed by atoms with E-state index in [-0.39, 0.29) is 23.5 Å². The summed E-state index contributed by atoms with van der Waals surface area (Å²) < 4.78 is 14.5. The second-order valence-corrected chi connectivity index (χ2v) is 6.20. The van der Waals surface area contributed by atoms with E-state index < -0.39 is 5.91 Å². The smallest absolute Gasteiger partial charge is 0.263 e. The Morgan fingerprint density at radius 2 is 1.65 bits per heavy atom. The van der Waals surface area contributed by atoms with Gasteiger partial charge in [0, 0.05) is 11.9 Å². The Labute approximate surface area is 150 Å². The van der Waals surface area contributed by atoms with Gasteiger partial charge in [-0.15, -0.1) is 0 Å². The Morgan fingerprint density at radius 1 is 1.00 bits per heavy atom. The van der Waals surface area contributed by atoms with Crippen LogP contribution in [0.2, 0.25) is 0 Å². The van der Waals surface area contributed by atoms with Crippen LogP contribution in [-0.4, -0.2) is 10.5 Å². The molecule has 0 unspecified atom stereocenters. The summed E-state index contributed by atoms with van der Waals surface area (Å²) in [6, 6.07) is 14.8. The third-order valence-electron chi connectivity index (χ3n) is 4.25. The minimum absolute atomic E-state index is 0.0669. The summed E-state index contributed by atoms with van der Waals surface area (Å²) in [7, 11) is 0. The SMILES string of the molecule is Cc1cccc(C)c1NC(=O)c1cccn(Cc2ccc(F)cc2)c1=O. The number of nitrogens with one attached hydrogen (secondary N) is 1. The first-order valence-corrected chi connectivity index (χ1v) is 8.27. The summed E-state index contributed by atoms with van der Waals surface area (Å²) in [5.41, 5.74) is 3.03. The molecule has 1 N–H and O–H groups in total. The number of para-hydroxylation sites is 1. The number of rotatable bonds is 4. The number of aromatic nitrogens is 1. The molecule has 0 spiro atoms. The fraction of sp³-hybridized carbons (Fsp3) is 0.143. The number of pyridine rings is 1. The molecule has 2 aromatic carbocycles. The van der Waals surface area contributed by atoms with Gasteiger partial charge in [-0.3, -0.25) is 9.59 Å². The number of aryl methyl sites for hydroxylation is 2. The maximum Gasteiger partial charge on any atom is 0.263 e. The van der Waals surface area contributed by atoms with Crippen LogP contribution in [0.1, 0.15) is 27.0 Å². The van der Waals surface area contributed by atoms with E-state index in [4.69, 9.17) is 0 Å². The van der Waals surface area contributed by atoms with Crippen molar-refractivity contribution in [2.24, 2.45) is 0 Å². The Bertz CT molecular complexity index is 987. The molecule has 0 fully saturated rings. The van der Waals surface area contributed by atoms with Gasteiger partial charge in [-0.25, -0.2) is 4.39 Å². The van der Waals surface area contributed by atoms with Crippen molar-refractivity contribution in [2.45, 2.75) is 20.4 Å². The zero-order chi connectivity index (χ0) is 18.7. The highest BCUT2D eigenvalue weighted by atomic mass is 19.1. The summed E-state index contributed by atoms with van der Waals surface area (Å²) in [6.45, 7) is 4.07. The molecule has 1 amide bonds. The number of hydrogen-bond acceptors (Lipinski definition) is 2. The van der Waals surface area contributed by atoms with Gasteiger partial charge in [0.1, 0.15) is 11.4 Å². The van der Waals surface area contributed by atoms with Crippen LogP contribution in [0.4, 0.5) is 10.1 Å². The molecule has 132 valence electrons. The number of nitrogens with zero attached hydrogens (tertiary/aromatic N) is 1. The normalized spacial score (nSPS) is 10.6. The number of carbonyl (C=O) groups excluding carboxylic acids is 1. The third kappa shape index (κ3) is 3.72. The zero-order valence-corrected chi connectivity index (χ0v) is 14.6. The Balaban J connectivity index is 1.88. The number of carbonyl (C=O) groups is 1. The van der Waals surface area contributed by atoms with Gasteiger partial charge in [0.05, 0.1) is 6.54 Å².